The van der Waals surface area contributed by atoms with Gasteiger partial charge < -0.3 is 18.9 Å². The monoisotopic (exact) mass is 603 g/mol. The average molecular weight is 604 g/mol. The van der Waals surface area contributed by atoms with Gasteiger partial charge in [-0.1, -0.05) is 0 Å². The summed E-state index contributed by atoms with van der Waals surface area (Å²) in [4.78, 5) is 41.8. The summed E-state index contributed by atoms with van der Waals surface area (Å²) in [5.41, 5.74) is 4.06. The fourth-order valence-electron chi connectivity index (χ4n) is 4.95. The first-order valence-corrected chi connectivity index (χ1v) is 14.2. The summed E-state index contributed by atoms with van der Waals surface area (Å²) in [6.07, 6.45) is 2.97. The Kier molecular flexibility index (Phi) is 7.72. The maximum atomic E-state index is 15.2. The number of rotatable bonds is 7. The fourth-order valence-corrected chi connectivity index (χ4v) is 5.94. The SMILES string of the molecule is COC(=O)c1ccc(NC(=O)O[C@@H]2CCC[C@@H]2Oc2cc3sc(-c4cc(C)cc5nc(OC)cnc45)nc3cc2F)cn1. The lowest BCUT2D eigenvalue weighted by molar-refractivity contribution is 0.0401. The molecule has 2 aromatic carbocycles. The molecule has 2 atom stereocenters. The number of halogens is 1. The minimum atomic E-state index is -0.706. The van der Waals surface area contributed by atoms with E-state index in [9.17, 15) is 9.59 Å². The molecule has 0 unspecified atom stereocenters. The third-order valence-corrected chi connectivity index (χ3v) is 8.04. The zero-order valence-corrected chi connectivity index (χ0v) is 24.2. The number of carbonyl (C=O) groups excluding carboxylic acids is 2. The van der Waals surface area contributed by atoms with Crippen LogP contribution in [0.2, 0.25) is 0 Å². The number of nitrogens with one attached hydrogen (secondary N) is 1. The number of hydrogen-bond donors (Lipinski definition) is 1. The number of ether oxygens (including phenoxy) is 4. The summed E-state index contributed by atoms with van der Waals surface area (Å²) >= 11 is 1.39. The van der Waals surface area contributed by atoms with E-state index in [0.29, 0.717) is 46.0 Å². The van der Waals surface area contributed by atoms with Crippen LogP contribution in [0, 0.1) is 12.7 Å². The molecule has 1 amide bonds. The maximum absolute atomic E-state index is 15.2. The van der Waals surface area contributed by atoms with Crippen molar-refractivity contribution in [2.45, 2.75) is 38.4 Å². The van der Waals surface area contributed by atoms with Crippen molar-refractivity contribution in [1.82, 2.24) is 19.9 Å². The van der Waals surface area contributed by atoms with Crippen molar-refractivity contribution in [3.63, 3.8) is 0 Å². The predicted octanol–water partition coefficient (Wildman–Crippen LogP) is 6.09. The minimum Gasteiger partial charge on any atom is -0.483 e. The standard InChI is InChI=1S/C30H26FN5O6S/c1-15-9-17(27-21(10-15)35-26(39-2)14-33-27)28-36-20-11-18(31)24(12-25(20)43-28)41-22-5-4-6-23(22)42-30(38)34-16-7-8-19(32-13-16)29(37)40-3/h7-14,22-23H,4-6H2,1-3H3,(H,34,38)/t22-,23+/m0/s1. The predicted molar refractivity (Wildman–Crippen MR) is 157 cm³/mol. The molecule has 0 bridgehead atoms. The number of aryl methyl sites for hydroxylation is 1. The third kappa shape index (κ3) is 5.89. The number of benzene rings is 2. The van der Waals surface area contributed by atoms with Crippen LogP contribution in [-0.2, 0) is 9.47 Å². The molecule has 5 aromatic rings. The van der Waals surface area contributed by atoms with Crippen LogP contribution in [0.25, 0.3) is 31.8 Å². The van der Waals surface area contributed by atoms with Crippen LogP contribution in [0.3, 0.4) is 0 Å². The number of amides is 1. The van der Waals surface area contributed by atoms with E-state index in [4.69, 9.17) is 14.2 Å². The molecule has 1 fully saturated rings. The number of aromatic nitrogens is 4. The Morgan fingerprint density at radius 3 is 2.60 bits per heavy atom. The number of fused-ring (bicyclic) bond motifs is 2. The van der Waals surface area contributed by atoms with Crippen molar-refractivity contribution in [3.05, 3.63) is 65.9 Å². The van der Waals surface area contributed by atoms with Crippen molar-refractivity contribution < 1.29 is 32.9 Å². The second-order valence-corrected chi connectivity index (χ2v) is 11.0. The minimum absolute atomic E-state index is 0.0600. The molecule has 1 aliphatic carbocycles. The van der Waals surface area contributed by atoms with Crippen molar-refractivity contribution in [2.24, 2.45) is 0 Å². The Balaban J connectivity index is 1.18. The number of pyridine rings is 1. The van der Waals surface area contributed by atoms with Crippen LogP contribution in [0.4, 0.5) is 14.9 Å². The van der Waals surface area contributed by atoms with E-state index < -0.39 is 30.1 Å². The summed E-state index contributed by atoms with van der Waals surface area (Å²) in [6.45, 7) is 1.96. The van der Waals surface area contributed by atoms with E-state index in [2.05, 4.69) is 30.0 Å². The first-order chi connectivity index (χ1) is 20.8. The molecule has 13 heteroatoms. The van der Waals surface area contributed by atoms with Gasteiger partial charge in [0.1, 0.15) is 22.9 Å². The molecule has 220 valence electrons. The number of hydrogen-bond acceptors (Lipinski definition) is 11. The lowest BCUT2D eigenvalue weighted by Gasteiger charge is -2.22. The fraction of sp³-hybridized carbons (Fsp3) is 0.267. The molecular weight excluding hydrogens is 577 g/mol. The van der Waals surface area contributed by atoms with Crippen molar-refractivity contribution in [2.75, 3.05) is 19.5 Å². The highest BCUT2D eigenvalue weighted by Crippen LogP contribution is 2.38. The molecule has 3 aromatic heterocycles. The molecule has 11 nitrogen and oxygen atoms in total. The average Bonchev–Trinajstić information content (AvgIpc) is 3.62. The van der Waals surface area contributed by atoms with Gasteiger partial charge in [0.25, 0.3) is 0 Å². The van der Waals surface area contributed by atoms with E-state index in [1.807, 2.05) is 19.1 Å². The van der Waals surface area contributed by atoms with Gasteiger partial charge in [0.2, 0.25) is 5.88 Å². The third-order valence-electron chi connectivity index (χ3n) is 6.98. The lowest BCUT2D eigenvalue weighted by Crippen LogP contribution is -2.32. The van der Waals surface area contributed by atoms with Gasteiger partial charge in [-0.3, -0.25) is 5.32 Å². The van der Waals surface area contributed by atoms with Gasteiger partial charge >= 0.3 is 12.1 Å². The lowest BCUT2D eigenvalue weighted by atomic mass is 10.1. The Bertz CT molecular complexity index is 1850. The molecule has 3 heterocycles. The van der Waals surface area contributed by atoms with Crippen LogP contribution >= 0.6 is 11.3 Å². The van der Waals surface area contributed by atoms with E-state index in [1.54, 1.807) is 12.3 Å². The highest BCUT2D eigenvalue weighted by atomic mass is 32.1. The largest absolute Gasteiger partial charge is 0.483 e. The molecular formula is C30H26FN5O6S. The summed E-state index contributed by atoms with van der Waals surface area (Å²) in [5.74, 6) is -0.672. The van der Waals surface area contributed by atoms with E-state index >= 15 is 4.39 Å². The van der Waals surface area contributed by atoms with E-state index in [-0.39, 0.29) is 11.4 Å². The van der Waals surface area contributed by atoms with Crippen LogP contribution in [-0.4, -0.2) is 58.4 Å². The number of esters is 1. The summed E-state index contributed by atoms with van der Waals surface area (Å²) in [5, 5.41) is 3.26. The zero-order valence-electron chi connectivity index (χ0n) is 23.4. The van der Waals surface area contributed by atoms with Crippen molar-refractivity contribution >= 4 is 50.3 Å². The quantitative estimate of drug-likeness (QED) is 0.218. The number of thiazole rings is 1. The molecule has 1 N–H and O–H groups in total. The molecule has 0 spiro atoms. The molecule has 1 aliphatic rings. The summed E-state index contributed by atoms with van der Waals surface area (Å²) in [6, 6.07) is 9.82. The van der Waals surface area contributed by atoms with Gasteiger partial charge in [-0.15, -0.1) is 11.3 Å². The Morgan fingerprint density at radius 1 is 1.00 bits per heavy atom. The molecule has 1 saturated carbocycles. The van der Waals surface area contributed by atoms with Gasteiger partial charge in [-0.2, -0.15) is 0 Å². The second kappa shape index (κ2) is 11.8. The van der Waals surface area contributed by atoms with E-state index in [1.165, 1.54) is 50.0 Å². The molecule has 43 heavy (non-hydrogen) atoms. The second-order valence-electron chi connectivity index (χ2n) is 9.94. The molecule has 6 rings (SSSR count). The van der Waals surface area contributed by atoms with E-state index in [0.717, 1.165) is 22.2 Å². The van der Waals surface area contributed by atoms with Crippen LogP contribution < -0.4 is 14.8 Å². The van der Waals surface area contributed by atoms with Crippen LogP contribution in [0.1, 0.15) is 35.3 Å². The highest BCUT2D eigenvalue weighted by molar-refractivity contribution is 7.21. The molecule has 0 radical (unpaired) electrons. The van der Waals surface area contributed by atoms with Crippen LogP contribution in [0.15, 0.2) is 48.8 Å². The normalized spacial score (nSPS) is 16.3. The number of carbonyl (C=O) groups is 2. The van der Waals surface area contributed by atoms with Crippen molar-refractivity contribution in [1.29, 1.82) is 0 Å². The van der Waals surface area contributed by atoms with Gasteiger partial charge in [0.05, 0.1) is 53.6 Å². The first kappa shape index (κ1) is 28.2. The molecule has 0 aliphatic heterocycles. The van der Waals surface area contributed by atoms with Gasteiger partial charge in [0.15, 0.2) is 11.6 Å². The molecule has 0 saturated heterocycles. The number of anilines is 1. The first-order valence-electron chi connectivity index (χ1n) is 13.4. The Labute approximate surface area is 249 Å². The maximum Gasteiger partial charge on any atom is 0.412 e. The summed E-state index contributed by atoms with van der Waals surface area (Å²) < 4.78 is 37.5. The Hall–Kier alpha value is -4.91. The number of methoxy groups -OCH3 is 2. The smallest absolute Gasteiger partial charge is 0.412 e. The Morgan fingerprint density at radius 2 is 1.84 bits per heavy atom. The van der Waals surface area contributed by atoms with Gasteiger partial charge in [-0.05, 0) is 56.0 Å². The highest BCUT2D eigenvalue weighted by Gasteiger charge is 2.33. The van der Waals surface area contributed by atoms with Crippen molar-refractivity contribution in [3.8, 4) is 22.2 Å². The number of nitrogens with zero attached hydrogens (tertiary/aromatic N) is 4. The topological polar surface area (TPSA) is 135 Å². The van der Waals surface area contributed by atoms with Crippen LogP contribution in [0.5, 0.6) is 11.6 Å². The zero-order chi connectivity index (χ0) is 30.1. The van der Waals surface area contributed by atoms with Gasteiger partial charge in [-0.25, -0.2) is 33.9 Å². The summed E-state index contributed by atoms with van der Waals surface area (Å²) in [7, 11) is 2.79. The van der Waals surface area contributed by atoms with Gasteiger partial charge in [0, 0.05) is 17.7 Å².